The predicted octanol–water partition coefficient (Wildman–Crippen LogP) is 2.93. The lowest BCUT2D eigenvalue weighted by Crippen LogP contribution is -2.01. The second-order valence-electron chi connectivity index (χ2n) is 4.52. The number of carbonyl (C=O) groups is 1. The normalized spacial score (nSPS) is 10.5. The van der Waals surface area contributed by atoms with Crippen molar-refractivity contribution in [3.8, 4) is 5.75 Å². The molecule has 5 nitrogen and oxygen atoms in total. The highest BCUT2D eigenvalue weighted by Crippen LogP contribution is 2.26. The van der Waals surface area contributed by atoms with Crippen LogP contribution in [0, 0.1) is 0 Å². The van der Waals surface area contributed by atoms with Gasteiger partial charge in [-0.05, 0) is 11.6 Å². The van der Waals surface area contributed by atoms with Gasteiger partial charge in [-0.25, -0.2) is 4.79 Å². The van der Waals surface area contributed by atoms with Crippen LogP contribution in [0.4, 0.5) is 0 Å². The number of hydrogen-bond acceptors (Lipinski definition) is 4. The molecule has 1 N–H and O–H groups in total. The number of ether oxygens (including phenoxy) is 2. The van der Waals surface area contributed by atoms with Crippen molar-refractivity contribution in [2.75, 3.05) is 7.11 Å². The smallest absolute Gasteiger partial charge is 0.356 e. The van der Waals surface area contributed by atoms with Crippen LogP contribution in [0.2, 0.25) is 0 Å². The number of carbonyl (C=O) groups excluding carboxylic acids is 1. The van der Waals surface area contributed by atoms with E-state index in [0.29, 0.717) is 29.0 Å². The minimum absolute atomic E-state index is 0.331. The minimum Gasteiger partial charge on any atom is -0.487 e. The number of aromatic amines is 1. The third-order valence-electron chi connectivity index (χ3n) is 3.17. The fourth-order valence-electron chi connectivity index (χ4n) is 2.12. The van der Waals surface area contributed by atoms with E-state index in [1.54, 1.807) is 6.07 Å². The Balaban J connectivity index is 1.89. The summed E-state index contributed by atoms with van der Waals surface area (Å²) in [7, 11) is 1.34. The molecule has 106 valence electrons. The summed E-state index contributed by atoms with van der Waals surface area (Å²) in [6, 6.07) is 15.3. The van der Waals surface area contributed by atoms with Crippen molar-refractivity contribution >= 4 is 16.9 Å². The summed E-state index contributed by atoms with van der Waals surface area (Å²) in [5, 5.41) is 7.53. The first-order valence-corrected chi connectivity index (χ1v) is 6.51. The molecule has 3 rings (SSSR count). The summed E-state index contributed by atoms with van der Waals surface area (Å²) in [6.45, 7) is 0.445. The SMILES string of the molecule is COC(=O)c1[nH]nc2c(OCc3ccccc3)cccc12. The van der Waals surface area contributed by atoms with Gasteiger partial charge < -0.3 is 9.47 Å². The number of nitrogens with one attached hydrogen (secondary N) is 1. The van der Waals surface area contributed by atoms with Crippen molar-refractivity contribution in [1.82, 2.24) is 10.2 Å². The molecule has 0 unspecified atom stereocenters. The Morgan fingerprint density at radius 2 is 1.95 bits per heavy atom. The van der Waals surface area contributed by atoms with E-state index in [1.807, 2.05) is 42.5 Å². The molecule has 0 bridgehead atoms. The number of para-hydroxylation sites is 1. The Kier molecular flexibility index (Phi) is 3.55. The average molecular weight is 282 g/mol. The highest BCUT2D eigenvalue weighted by atomic mass is 16.5. The van der Waals surface area contributed by atoms with Gasteiger partial charge in [0.2, 0.25) is 0 Å². The van der Waals surface area contributed by atoms with Crippen molar-refractivity contribution in [3.63, 3.8) is 0 Å². The van der Waals surface area contributed by atoms with Crippen LogP contribution in [0.5, 0.6) is 5.75 Å². The number of H-pyrrole nitrogens is 1. The highest BCUT2D eigenvalue weighted by Gasteiger charge is 2.16. The van der Waals surface area contributed by atoms with E-state index in [-0.39, 0.29) is 0 Å². The Labute approximate surface area is 121 Å². The Bertz CT molecular complexity index is 766. The zero-order valence-corrected chi connectivity index (χ0v) is 11.5. The first-order valence-electron chi connectivity index (χ1n) is 6.51. The minimum atomic E-state index is -0.447. The van der Waals surface area contributed by atoms with Crippen LogP contribution in [0.15, 0.2) is 48.5 Å². The van der Waals surface area contributed by atoms with Crippen LogP contribution in [-0.2, 0) is 11.3 Å². The summed E-state index contributed by atoms with van der Waals surface area (Å²) >= 11 is 0. The van der Waals surface area contributed by atoms with E-state index < -0.39 is 5.97 Å². The summed E-state index contributed by atoms with van der Waals surface area (Å²) in [6.07, 6.45) is 0. The lowest BCUT2D eigenvalue weighted by atomic mass is 10.2. The number of nitrogens with zero attached hydrogens (tertiary/aromatic N) is 1. The molecule has 0 amide bonds. The molecule has 2 aromatic carbocycles. The molecule has 0 aliphatic carbocycles. The van der Waals surface area contributed by atoms with Gasteiger partial charge in [0.1, 0.15) is 17.9 Å². The number of rotatable bonds is 4. The van der Waals surface area contributed by atoms with E-state index in [4.69, 9.17) is 9.47 Å². The van der Waals surface area contributed by atoms with E-state index in [0.717, 1.165) is 5.56 Å². The van der Waals surface area contributed by atoms with Crippen LogP contribution >= 0.6 is 0 Å². The van der Waals surface area contributed by atoms with E-state index in [1.165, 1.54) is 7.11 Å². The van der Waals surface area contributed by atoms with E-state index in [2.05, 4.69) is 10.2 Å². The highest BCUT2D eigenvalue weighted by molar-refractivity contribution is 6.03. The molecule has 0 saturated heterocycles. The number of methoxy groups -OCH3 is 1. The zero-order chi connectivity index (χ0) is 14.7. The molecular formula is C16H14N2O3. The molecule has 1 aromatic heterocycles. The van der Waals surface area contributed by atoms with Crippen molar-refractivity contribution in [3.05, 3.63) is 59.8 Å². The molecule has 0 spiro atoms. The lowest BCUT2D eigenvalue weighted by molar-refractivity contribution is 0.0596. The van der Waals surface area contributed by atoms with Gasteiger partial charge in [0, 0.05) is 5.39 Å². The first-order chi connectivity index (χ1) is 10.3. The maximum Gasteiger partial charge on any atom is 0.356 e. The average Bonchev–Trinajstić information content (AvgIpc) is 2.97. The largest absolute Gasteiger partial charge is 0.487 e. The molecular weight excluding hydrogens is 268 g/mol. The fourth-order valence-corrected chi connectivity index (χ4v) is 2.12. The number of hydrogen-bond donors (Lipinski definition) is 1. The Hall–Kier alpha value is -2.82. The van der Waals surface area contributed by atoms with Crippen LogP contribution in [0.25, 0.3) is 10.9 Å². The molecule has 1 heterocycles. The summed E-state index contributed by atoms with van der Waals surface area (Å²) in [4.78, 5) is 11.6. The van der Waals surface area contributed by atoms with Crippen molar-refractivity contribution in [2.24, 2.45) is 0 Å². The Morgan fingerprint density at radius 3 is 2.71 bits per heavy atom. The monoisotopic (exact) mass is 282 g/mol. The summed E-state index contributed by atoms with van der Waals surface area (Å²) in [5.41, 5.74) is 2.02. The maximum absolute atomic E-state index is 11.6. The summed E-state index contributed by atoms with van der Waals surface area (Å²) < 4.78 is 10.5. The van der Waals surface area contributed by atoms with Gasteiger partial charge in [0.05, 0.1) is 7.11 Å². The molecule has 0 aliphatic heterocycles. The molecule has 3 aromatic rings. The maximum atomic E-state index is 11.6. The number of fused-ring (bicyclic) bond motifs is 1. The van der Waals surface area contributed by atoms with Gasteiger partial charge in [-0.3, -0.25) is 5.10 Å². The van der Waals surface area contributed by atoms with Crippen LogP contribution < -0.4 is 4.74 Å². The van der Waals surface area contributed by atoms with Gasteiger partial charge in [-0.2, -0.15) is 5.10 Å². The molecule has 0 radical (unpaired) electrons. The van der Waals surface area contributed by atoms with Gasteiger partial charge in [-0.15, -0.1) is 0 Å². The van der Waals surface area contributed by atoms with Crippen molar-refractivity contribution in [2.45, 2.75) is 6.61 Å². The molecule has 5 heteroatoms. The van der Waals surface area contributed by atoms with Crippen LogP contribution in [0.3, 0.4) is 0 Å². The number of esters is 1. The standard InChI is InChI=1S/C16H14N2O3/c1-20-16(19)15-12-8-5-9-13(14(12)17-18-15)21-10-11-6-3-2-4-7-11/h2-9H,10H2,1H3,(H,17,18). The zero-order valence-electron chi connectivity index (χ0n) is 11.5. The predicted molar refractivity (Wildman–Crippen MR) is 78.2 cm³/mol. The third kappa shape index (κ3) is 2.58. The molecule has 0 atom stereocenters. The molecule has 21 heavy (non-hydrogen) atoms. The van der Waals surface area contributed by atoms with Crippen LogP contribution in [0.1, 0.15) is 16.1 Å². The van der Waals surface area contributed by atoms with Crippen LogP contribution in [-0.4, -0.2) is 23.3 Å². The van der Waals surface area contributed by atoms with Gasteiger partial charge in [0.15, 0.2) is 5.69 Å². The van der Waals surface area contributed by atoms with Crippen molar-refractivity contribution < 1.29 is 14.3 Å². The number of benzene rings is 2. The Morgan fingerprint density at radius 1 is 1.14 bits per heavy atom. The third-order valence-corrected chi connectivity index (χ3v) is 3.17. The number of aromatic nitrogens is 2. The van der Waals surface area contributed by atoms with Gasteiger partial charge in [0.25, 0.3) is 0 Å². The second kappa shape index (κ2) is 5.66. The molecule has 0 aliphatic rings. The quantitative estimate of drug-likeness (QED) is 0.747. The van der Waals surface area contributed by atoms with E-state index in [9.17, 15) is 4.79 Å². The topological polar surface area (TPSA) is 64.2 Å². The van der Waals surface area contributed by atoms with Gasteiger partial charge >= 0.3 is 5.97 Å². The fraction of sp³-hybridized carbons (Fsp3) is 0.125. The summed E-state index contributed by atoms with van der Waals surface area (Å²) in [5.74, 6) is 0.181. The van der Waals surface area contributed by atoms with Crippen molar-refractivity contribution in [1.29, 1.82) is 0 Å². The lowest BCUT2D eigenvalue weighted by Gasteiger charge is -2.06. The second-order valence-corrected chi connectivity index (χ2v) is 4.52. The first kappa shape index (κ1) is 13.2. The molecule has 0 fully saturated rings. The van der Waals surface area contributed by atoms with Gasteiger partial charge in [-0.1, -0.05) is 42.5 Å². The van der Waals surface area contributed by atoms with E-state index >= 15 is 0 Å². The molecule has 0 saturated carbocycles.